The Balaban J connectivity index is 2.10. The Morgan fingerprint density at radius 1 is 1.22 bits per heavy atom. The van der Waals surface area contributed by atoms with Crippen LogP contribution in [-0.4, -0.2) is 76.2 Å². The van der Waals surface area contributed by atoms with Gasteiger partial charge in [-0.2, -0.15) is 22.0 Å². The topological polar surface area (TPSA) is 140 Å². The second kappa shape index (κ2) is 12.5. The molecule has 9 nitrogen and oxygen atoms in total. The van der Waals surface area contributed by atoms with Gasteiger partial charge in [0.05, 0.1) is 24.4 Å². The molecule has 1 saturated heterocycles. The first-order chi connectivity index (χ1) is 17.1. The number of rotatable bonds is 11. The van der Waals surface area contributed by atoms with Crippen LogP contribution in [0.2, 0.25) is 0 Å². The summed E-state index contributed by atoms with van der Waals surface area (Å²) < 4.78 is 94.8. The van der Waals surface area contributed by atoms with Gasteiger partial charge in [-0.15, -0.1) is 0 Å². The second-order valence-electron chi connectivity index (χ2n) is 9.05. The van der Waals surface area contributed by atoms with Crippen molar-refractivity contribution in [2.75, 3.05) is 20.2 Å². The van der Waals surface area contributed by atoms with E-state index in [2.05, 4.69) is 10.6 Å². The summed E-state index contributed by atoms with van der Waals surface area (Å²) >= 11 is -2.56. The van der Waals surface area contributed by atoms with Gasteiger partial charge < -0.3 is 30.3 Å². The van der Waals surface area contributed by atoms with E-state index in [0.29, 0.717) is 11.3 Å². The quantitative estimate of drug-likeness (QED) is 0.238. The third-order valence-electron chi connectivity index (χ3n) is 6.05. The van der Waals surface area contributed by atoms with Crippen molar-refractivity contribution in [3.63, 3.8) is 0 Å². The van der Waals surface area contributed by atoms with Crippen LogP contribution in [0, 0.1) is 11.8 Å². The monoisotopic (exact) mass is 558 g/mol. The number of halogens is 5. The average molecular weight is 559 g/mol. The van der Waals surface area contributed by atoms with Crippen LogP contribution in [0.1, 0.15) is 31.1 Å². The second-order valence-corrected chi connectivity index (χ2v) is 10.1. The van der Waals surface area contributed by atoms with E-state index in [1.54, 1.807) is 24.3 Å². The van der Waals surface area contributed by atoms with E-state index in [1.165, 1.54) is 21.0 Å². The number of ether oxygens (including phenoxy) is 1. The number of aliphatic hydroxyl groups excluding tert-OH is 1. The normalized spacial score (nSPS) is 21.7. The smallest absolute Gasteiger partial charge is 0.405 e. The predicted molar refractivity (Wildman–Crippen MR) is 121 cm³/mol. The Morgan fingerprint density at radius 3 is 2.30 bits per heavy atom. The van der Waals surface area contributed by atoms with Crippen molar-refractivity contribution < 1.29 is 50.1 Å². The number of hydrogen-bond donors (Lipinski definition) is 4. The van der Waals surface area contributed by atoms with Gasteiger partial charge in [0.25, 0.3) is 5.91 Å². The molecule has 1 heterocycles. The number of carbonyl (C=O) groups excluding carboxylic acids is 2. The Hall–Kier alpha value is -2.36. The van der Waals surface area contributed by atoms with Crippen LogP contribution in [0.3, 0.4) is 0 Å². The van der Waals surface area contributed by atoms with E-state index in [9.17, 15) is 45.4 Å². The molecule has 1 fully saturated rings. The molecule has 37 heavy (non-hydrogen) atoms. The highest BCUT2D eigenvalue weighted by Gasteiger charge is 2.52. The molecular formula is C22H29F5N3O6S-. The third kappa shape index (κ3) is 8.06. The van der Waals surface area contributed by atoms with Crippen molar-refractivity contribution in [1.82, 2.24) is 16.0 Å². The lowest BCUT2D eigenvalue weighted by Gasteiger charge is -2.32. The van der Waals surface area contributed by atoms with E-state index in [-0.39, 0.29) is 13.0 Å². The molecule has 6 atom stereocenters. The van der Waals surface area contributed by atoms with Gasteiger partial charge in [0, 0.05) is 6.54 Å². The molecule has 1 aromatic carbocycles. The van der Waals surface area contributed by atoms with Gasteiger partial charge in [-0.1, -0.05) is 26.0 Å². The van der Waals surface area contributed by atoms with E-state index < -0.39 is 76.8 Å². The van der Waals surface area contributed by atoms with Crippen LogP contribution in [0.15, 0.2) is 24.3 Å². The molecule has 210 valence electrons. The number of hydrogen-bond acceptors (Lipinski definition) is 7. The minimum atomic E-state index is -4.94. The summed E-state index contributed by atoms with van der Waals surface area (Å²) in [6, 6.07) is 3.61. The lowest BCUT2D eigenvalue weighted by molar-refractivity contribution is -0.174. The van der Waals surface area contributed by atoms with Crippen molar-refractivity contribution in [3.8, 4) is 5.75 Å². The molecular weight excluding hydrogens is 529 g/mol. The molecule has 1 aromatic rings. The minimum absolute atomic E-state index is 0.0138. The van der Waals surface area contributed by atoms with E-state index in [4.69, 9.17) is 4.74 Å². The fourth-order valence-electron chi connectivity index (χ4n) is 4.06. The first-order valence-electron chi connectivity index (χ1n) is 11.2. The van der Waals surface area contributed by atoms with Crippen LogP contribution in [0.25, 0.3) is 0 Å². The van der Waals surface area contributed by atoms with Gasteiger partial charge in [0.15, 0.2) is 0 Å². The number of carbonyl (C=O) groups is 2. The lowest BCUT2D eigenvalue weighted by Crippen LogP contribution is -2.61. The zero-order valence-electron chi connectivity index (χ0n) is 20.2. The molecule has 2 unspecified atom stereocenters. The van der Waals surface area contributed by atoms with Crippen LogP contribution in [-0.2, 0) is 20.7 Å². The van der Waals surface area contributed by atoms with Crippen molar-refractivity contribution in [3.05, 3.63) is 29.8 Å². The summed E-state index contributed by atoms with van der Waals surface area (Å²) in [5, 5.41) is 15.3. The molecule has 2 amide bonds. The summed E-state index contributed by atoms with van der Waals surface area (Å²) in [5.74, 6) is -8.70. The molecule has 4 N–H and O–H groups in total. The summed E-state index contributed by atoms with van der Waals surface area (Å²) in [6.07, 6.45) is -7.76. The highest BCUT2D eigenvalue weighted by Crippen LogP contribution is 2.34. The summed E-state index contributed by atoms with van der Waals surface area (Å²) in [6.45, 7) is 0.816. The number of alkyl halides is 5. The zero-order chi connectivity index (χ0) is 28.1. The Morgan fingerprint density at radius 2 is 1.81 bits per heavy atom. The van der Waals surface area contributed by atoms with Gasteiger partial charge in [-0.05, 0) is 47.0 Å². The number of benzene rings is 1. The van der Waals surface area contributed by atoms with Gasteiger partial charge in [-0.25, -0.2) is 0 Å². The maximum absolute atomic E-state index is 14.4. The van der Waals surface area contributed by atoms with Gasteiger partial charge in [-0.3, -0.25) is 13.8 Å². The fraction of sp³-hybridized carbons (Fsp3) is 0.636. The summed E-state index contributed by atoms with van der Waals surface area (Å²) in [5.41, 5.74) is 0.460. The average Bonchev–Trinajstić information content (AvgIpc) is 3.29. The lowest BCUT2D eigenvalue weighted by atomic mass is 9.92. The molecule has 1 aliphatic heterocycles. The molecule has 0 spiro atoms. The highest BCUT2D eigenvalue weighted by atomic mass is 32.2. The molecule has 0 saturated carbocycles. The van der Waals surface area contributed by atoms with Crippen LogP contribution < -0.4 is 20.7 Å². The molecule has 2 rings (SSSR count). The van der Waals surface area contributed by atoms with E-state index in [0.717, 1.165) is 5.32 Å². The third-order valence-corrected chi connectivity index (χ3v) is 7.12. The SMILES string of the molecule is COc1ccc(C([C@H]2CN[C@H](C(=O)N[C@@H](C(C)C)[C@@H](O)C(F)(F)C(=O)NCC(F)(F)F)C2)S(=O)[O-])cc1. The van der Waals surface area contributed by atoms with Crippen molar-refractivity contribution in [2.45, 2.75) is 55.8 Å². The molecule has 0 bridgehead atoms. The van der Waals surface area contributed by atoms with Gasteiger partial charge in [0.2, 0.25) is 5.91 Å². The number of amides is 2. The number of aliphatic hydroxyl groups is 1. The highest BCUT2D eigenvalue weighted by molar-refractivity contribution is 7.79. The Kier molecular flexibility index (Phi) is 10.4. The number of nitrogens with one attached hydrogen (secondary N) is 3. The minimum Gasteiger partial charge on any atom is -0.772 e. The Bertz CT molecular complexity index is 963. The van der Waals surface area contributed by atoms with Crippen LogP contribution in [0.4, 0.5) is 22.0 Å². The van der Waals surface area contributed by atoms with Gasteiger partial charge >= 0.3 is 12.1 Å². The van der Waals surface area contributed by atoms with E-state index in [1.807, 2.05) is 0 Å². The molecule has 0 radical (unpaired) electrons. The number of methoxy groups -OCH3 is 1. The predicted octanol–water partition coefficient (Wildman–Crippen LogP) is 1.41. The molecule has 0 aliphatic carbocycles. The van der Waals surface area contributed by atoms with Crippen LogP contribution >= 0.6 is 0 Å². The molecule has 1 aliphatic rings. The van der Waals surface area contributed by atoms with Crippen molar-refractivity contribution in [2.24, 2.45) is 11.8 Å². The summed E-state index contributed by atoms with van der Waals surface area (Å²) in [4.78, 5) is 24.5. The van der Waals surface area contributed by atoms with E-state index >= 15 is 0 Å². The first-order valence-corrected chi connectivity index (χ1v) is 12.4. The van der Waals surface area contributed by atoms with Gasteiger partial charge in [0.1, 0.15) is 18.4 Å². The largest absolute Gasteiger partial charge is 0.772 e. The van der Waals surface area contributed by atoms with Crippen molar-refractivity contribution >= 4 is 22.9 Å². The zero-order valence-corrected chi connectivity index (χ0v) is 21.0. The maximum Gasteiger partial charge on any atom is 0.405 e. The maximum atomic E-state index is 14.4. The summed E-state index contributed by atoms with van der Waals surface area (Å²) in [7, 11) is 1.45. The molecule has 15 heteroatoms. The first kappa shape index (κ1) is 30.9. The molecule has 0 aromatic heterocycles. The Labute approximate surface area is 212 Å². The standard InChI is InChI=1S/C22H30F5N3O6S/c1-11(2)16(18(31)22(26,27)20(33)29-10-21(23,24)25)30-19(32)15-8-13(9-28-15)17(37(34)35)12-4-6-14(36-3)7-5-12/h4-7,11,13,15-18,28,31H,8-10H2,1-3H3,(H,29,33)(H,30,32)(H,34,35)/p-1/t13-,15+,16+,17?,18-/m1/s1. The van der Waals surface area contributed by atoms with Crippen molar-refractivity contribution in [1.29, 1.82) is 0 Å². The fourth-order valence-corrected chi connectivity index (χ4v) is 4.96. The van der Waals surface area contributed by atoms with Crippen LogP contribution in [0.5, 0.6) is 5.75 Å².